The van der Waals surface area contributed by atoms with Gasteiger partial charge in [0.2, 0.25) is 0 Å². The molecule has 212 valence electrons. The summed E-state index contributed by atoms with van der Waals surface area (Å²) in [5.41, 5.74) is 2.81. The van der Waals surface area contributed by atoms with Crippen LogP contribution in [0.5, 0.6) is 0 Å². The fraction of sp³-hybridized carbons (Fsp3) is 0.793. The average Bonchev–Trinajstić information content (AvgIpc) is 2.85. The topological polar surface area (TPSA) is 47.9 Å². The molecule has 1 fully saturated rings. The monoisotopic (exact) mass is 584 g/mol. The number of hydrogen-bond acceptors (Lipinski definition) is 6. The van der Waals surface area contributed by atoms with Crippen molar-refractivity contribution >= 4 is 39.9 Å². The van der Waals surface area contributed by atoms with Gasteiger partial charge in [-0.05, 0) is 69.3 Å². The summed E-state index contributed by atoms with van der Waals surface area (Å²) in [5.74, 6) is 5.85. The molecule has 4 nitrogen and oxygen atoms in total. The molecule has 2 rings (SSSR count). The minimum atomic E-state index is -2.01. The number of thioether (sulfide) groups is 2. The van der Waals surface area contributed by atoms with E-state index in [0.717, 1.165) is 36.1 Å². The van der Waals surface area contributed by atoms with Gasteiger partial charge in [-0.15, -0.1) is 29.1 Å². The Labute approximate surface area is 238 Å². The SMILES string of the molecule is CC[Si](CC)(CC)O[C@](C)(/C=C/[C@H]1CC=C[C@H](OC(C)C)O1)[C@H](O)CC1(C#C[Si](C)(C)C)SCCCS1. The molecule has 1 N–H and O–H groups in total. The normalized spacial score (nSPS) is 25.1. The molecule has 37 heavy (non-hydrogen) atoms. The molecule has 0 saturated carbocycles. The summed E-state index contributed by atoms with van der Waals surface area (Å²) in [7, 11) is -3.55. The zero-order chi connectivity index (χ0) is 27.7. The molecular formula is C29H52O4S2Si2. The molecule has 2 aliphatic heterocycles. The van der Waals surface area contributed by atoms with E-state index in [1.807, 2.05) is 43.4 Å². The maximum absolute atomic E-state index is 11.9. The molecule has 0 spiro atoms. The number of aliphatic hydroxyl groups is 1. The molecule has 4 atom stereocenters. The first kappa shape index (κ1) is 33.2. The molecule has 0 unspecified atom stereocenters. The Balaban J connectivity index is 2.37. The van der Waals surface area contributed by atoms with E-state index >= 15 is 0 Å². The van der Waals surface area contributed by atoms with Crippen LogP contribution < -0.4 is 0 Å². The van der Waals surface area contributed by atoms with Crippen LogP contribution in [-0.2, 0) is 13.9 Å². The van der Waals surface area contributed by atoms with Crippen LogP contribution in [0.25, 0.3) is 0 Å². The molecule has 0 radical (unpaired) electrons. The Hall–Kier alpha value is 0.0138. The smallest absolute Gasteiger partial charge is 0.193 e. The van der Waals surface area contributed by atoms with Gasteiger partial charge >= 0.3 is 0 Å². The lowest BCUT2D eigenvalue weighted by molar-refractivity contribution is -0.154. The molecule has 0 aliphatic carbocycles. The highest BCUT2D eigenvalue weighted by Crippen LogP contribution is 2.47. The molecule has 1 saturated heterocycles. The third-order valence-electron chi connectivity index (χ3n) is 7.10. The maximum Gasteiger partial charge on any atom is 0.193 e. The Morgan fingerprint density at radius 3 is 2.32 bits per heavy atom. The van der Waals surface area contributed by atoms with Gasteiger partial charge in [-0.1, -0.05) is 64.6 Å². The lowest BCUT2D eigenvalue weighted by Gasteiger charge is -2.44. The second-order valence-electron chi connectivity index (χ2n) is 11.8. The molecule has 0 aromatic carbocycles. The van der Waals surface area contributed by atoms with E-state index in [1.165, 1.54) is 6.42 Å². The van der Waals surface area contributed by atoms with Gasteiger partial charge < -0.3 is 19.0 Å². The van der Waals surface area contributed by atoms with Gasteiger partial charge in [0.25, 0.3) is 0 Å². The summed E-state index contributed by atoms with van der Waals surface area (Å²) < 4.78 is 18.8. The first-order chi connectivity index (χ1) is 17.3. The summed E-state index contributed by atoms with van der Waals surface area (Å²) in [6.45, 7) is 19.7. The highest BCUT2D eigenvalue weighted by molar-refractivity contribution is 8.19. The minimum absolute atomic E-state index is 0.0945. The lowest BCUT2D eigenvalue weighted by Crippen LogP contribution is -2.52. The second-order valence-corrected chi connectivity index (χ2v) is 24.3. The van der Waals surface area contributed by atoms with Crippen LogP contribution >= 0.6 is 23.5 Å². The van der Waals surface area contributed by atoms with Crippen LogP contribution in [0.4, 0.5) is 0 Å². The van der Waals surface area contributed by atoms with E-state index in [4.69, 9.17) is 13.9 Å². The summed E-state index contributed by atoms with van der Waals surface area (Å²) >= 11 is 3.83. The fourth-order valence-corrected chi connectivity index (χ4v) is 11.5. The van der Waals surface area contributed by atoms with Gasteiger partial charge in [0.05, 0.1) is 23.9 Å². The van der Waals surface area contributed by atoms with Crippen LogP contribution in [0.15, 0.2) is 24.3 Å². The predicted molar refractivity (Wildman–Crippen MR) is 168 cm³/mol. The Morgan fingerprint density at radius 1 is 1.16 bits per heavy atom. The van der Waals surface area contributed by atoms with Crippen molar-refractivity contribution in [2.24, 2.45) is 0 Å². The van der Waals surface area contributed by atoms with Gasteiger partial charge in [0.1, 0.15) is 12.2 Å². The van der Waals surface area contributed by atoms with Crippen molar-refractivity contribution < 1.29 is 19.0 Å². The van der Waals surface area contributed by atoms with Gasteiger partial charge in [-0.2, -0.15) is 0 Å². The van der Waals surface area contributed by atoms with Crippen LogP contribution in [-0.4, -0.2) is 67.3 Å². The van der Waals surface area contributed by atoms with Gasteiger partial charge in [-0.3, -0.25) is 0 Å². The number of hydrogen-bond donors (Lipinski definition) is 1. The van der Waals surface area contributed by atoms with E-state index in [2.05, 4.69) is 77.0 Å². The number of rotatable bonds is 12. The summed E-state index contributed by atoms with van der Waals surface area (Å²) in [4.78, 5) is 0. The average molecular weight is 585 g/mol. The minimum Gasteiger partial charge on any atom is -0.406 e. The Bertz CT molecular complexity index is 812. The molecule has 2 aliphatic rings. The second kappa shape index (κ2) is 14.6. The van der Waals surface area contributed by atoms with E-state index < -0.39 is 28.1 Å². The van der Waals surface area contributed by atoms with Crippen molar-refractivity contribution in [3.05, 3.63) is 24.3 Å². The van der Waals surface area contributed by atoms with E-state index in [1.54, 1.807) is 0 Å². The van der Waals surface area contributed by atoms with E-state index in [-0.39, 0.29) is 22.6 Å². The first-order valence-electron chi connectivity index (χ1n) is 14.2. The zero-order valence-electron chi connectivity index (χ0n) is 24.8. The highest BCUT2D eigenvalue weighted by atomic mass is 32.2. The molecule has 0 aromatic rings. The highest BCUT2D eigenvalue weighted by Gasteiger charge is 2.45. The van der Waals surface area contributed by atoms with E-state index in [0.29, 0.717) is 6.42 Å². The van der Waals surface area contributed by atoms with Gasteiger partial charge in [0, 0.05) is 6.42 Å². The third-order valence-corrected chi connectivity index (χ3v) is 15.9. The van der Waals surface area contributed by atoms with Gasteiger partial charge in [0.15, 0.2) is 14.6 Å². The standard InChI is InChI=1S/C29H52O4S2Si2/c1-10-37(11-2,12-3)33-28(6,18-17-25-15-13-16-27(32-25)31-24(4)5)26(30)23-29(19-22-36(7,8)9)34-20-14-21-35-29/h13,16-18,24-27,30H,10-12,14-15,20-21,23H2,1-9H3/b18-17+/t25-,26-,27-,28-/m1/s1. The third kappa shape index (κ3) is 10.5. The van der Waals surface area contributed by atoms with Crippen molar-refractivity contribution in [2.75, 3.05) is 11.5 Å². The first-order valence-corrected chi connectivity index (χ1v) is 22.2. The van der Waals surface area contributed by atoms with Crippen molar-refractivity contribution in [2.45, 2.75) is 133 Å². The zero-order valence-corrected chi connectivity index (χ0v) is 28.4. The lowest BCUT2D eigenvalue weighted by atomic mass is 9.93. The van der Waals surface area contributed by atoms with Crippen molar-refractivity contribution in [1.82, 2.24) is 0 Å². The molecule has 0 aromatic heterocycles. The van der Waals surface area contributed by atoms with Crippen LogP contribution in [0.3, 0.4) is 0 Å². The summed E-state index contributed by atoms with van der Waals surface area (Å²) in [6, 6.07) is 3.10. The van der Waals surface area contributed by atoms with Crippen LogP contribution in [0.2, 0.25) is 37.8 Å². The Morgan fingerprint density at radius 2 is 1.78 bits per heavy atom. The number of aliphatic hydroxyl groups excluding tert-OH is 1. The van der Waals surface area contributed by atoms with Crippen LogP contribution in [0.1, 0.15) is 60.8 Å². The molecule has 8 heteroatoms. The fourth-order valence-electron chi connectivity index (χ4n) is 4.57. The Kier molecular flexibility index (Phi) is 13.1. The van der Waals surface area contributed by atoms with Crippen molar-refractivity contribution in [3.63, 3.8) is 0 Å². The summed E-state index contributed by atoms with van der Waals surface area (Å²) in [5, 5.41) is 11.9. The summed E-state index contributed by atoms with van der Waals surface area (Å²) in [6.07, 6.45) is 9.83. The van der Waals surface area contributed by atoms with Crippen molar-refractivity contribution in [1.29, 1.82) is 0 Å². The number of ether oxygens (including phenoxy) is 2. The molecule has 2 heterocycles. The van der Waals surface area contributed by atoms with Crippen molar-refractivity contribution in [3.8, 4) is 11.5 Å². The predicted octanol–water partition coefficient (Wildman–Crippen LogP) is 7.62. The molecule has 0 amide bonds. The van der Waals surface area contributed by atoms with Crippen LogP contribution in [0, 0.1) is 11.5 Å². The van der Waals surface area contributed by atoms with E-state index in [9.17, 15) is 5.11 Å². The molecular weight excluding hydrogens is 533 g/mol. The van der Waals surface area contributed by atoms with Gasteiger partial charge in [-0.25, -0.2) is 0 Å². The largest absolute Gasteiger partial charge is 0.406 e. The molecule has 0 bridgehead atoms. The quantitative estimate of drug-likeness (QED) is 0.145. The maximum atomic E-state index is 11.9.